The summed E-state index contributed by atoms with van der Waals surface area (Å²) in [6.45, 7) is 9.50. The van der Waals surface area contributed by atoms with Crippen molar-refractivity contribution in [3.05, 3.63) is 29.6 Å². The molecule has 0 saturated heterocycles. The van der Waals surface area contributed by atoms with Crippen molar-refractivity contribution in [2.24, 2.45) is 0 Å². The molecule has 2 nitrogen and oxygen atoms in total. The highest BCUT2D eigenvalue weighted by Gasteiger charge is 2.08. The van der Waals surface area contributed by atoms with E-state index in [4.69, 9.17) is 0 Å². The van der Waals surface area contributed by atoms with Gasteiger partial charge in [0.2, 0.25) is 0 Å². The molecule has 1 aromatic rings. The fraction of sp³-hybridized carbons (Fsp3) is 0.583. The van der Waals surface area contributed by atoms with Gasteiger partial charge in [-0.15, -0.1) is 0 Å². The van der Waals surface area contributed by atoms with Gasteiger partial charge in [0.15, 0.2) is 0 Å². The van der Waals surface area contributed by atoms with Crippen LogP contribution in [0.25, 0.3) is 0 Å². The quantitative estimate of drug-likeness (QED) is 0.796. The van der Waals surface area contributed by atoms with Crippen molar-refractivity contribution in [3.8, 4) is 0 Å². The first-order valence-electron chi connectivity index (χ1n) is 5.20. The molecule has 1 N–H and O–H groups in total. The van der Waals surface area contributed by atoms with Crippen LogP contribution in [-0.4, -0.2) is 10.5 Å². The number of nitrogens with one attached hydrogen (secondary N) is 1. The molecule has 14 heavy (non-hydrogen) atoms. The first-order valence-corrected chi connectivity index (χ1v) is 5.20. The summed E-state index contributed by atoms with van der Waals surface area (Å²) in [6, 6.07) is 4.24. The molecule has 1 aromatic heterocycles. The lowest BCUT2D eigenvalue weighted by atomic mass is 10.1. The number of hydrogen-bond donors (Lipinski definition) is 1. The summed E-state index contributed by atoms with van der Waals surface area (Å²) in [5.74, 6) is 0. The van der Waals surface area contributed by atoms with Crippen LogP contribution in [0.1, 0.15) is 39.0 Å². The summed E-state index contributed by atoms with van der Waals surface area (Å²) >= 11 is 0. The van der Waals surface area contributed by atoms with E-state index in [1.54, 1.807) is 0 Å². The lowest BCUT2D eigenvalue weighted by Gasteiger charge is -2.20. The van der Waals surface area contributed by atoms with Crippen LogP contribution in [0, 0.1) is 0 Å². The van der Waals surface area contributed by atoms with Gasteiger partial charge in [-0.3, -0.25) is 4.98 Å². The zero-order chi connectivity index (χ0) is 10.6. The van der Waals surface area contributed by atoms with Crippen molar-refractivity contribution >= 4 is 0 Å². The van der Waals surface area contributed by atoms with Gasteiger partial charge >= 0.3 is 0 Å². The van der Waals surface area contributed by atoms with Gasteiger partial charge in [0.1, 0.15) is 0 Å². The van der Waals surface area contributed by atoms with Crippen LogP contribution < -0.4 is 5.32 Å². The Labute approximate surface area is 86.8 Å². The zero-order valence-corrected chi connectivity index (χ0v) is 9.59. The first-order chi connectivity index (χ1) is 6.51. The van der Waals surface area contributed by atoms with Gasteiger partial charge in [0, 0.05) is 18.3 Å². The number of aromatic nitrogens is 1. The molecule has 1 rings (SSSR count). The summed E-state index contributed by atoms with van der Waals surface area (Å²) in [4.78, 5) is 4.33. The van der Waals surface area contributed by atoms with E-state index in [-0.39, 0.29) is 5.54 Å². The molecule has 2 heteroatoms. The Morgan fingerprint density at radius 3 is 2.64 bits per heavy atom. The van der Waals surface area contributed by atoms with Crippen LogP contribution in [0.5, 0.6) is 0 Å². The van der Waals surface area contributed by atoms with Crippen molar-refractivity contribution in [1.82, 2.24) is 10.3 Å². The Morgan fingerprint density at radius 2 is 2.07 bits per heavy atom. The molecule has 0 saturated carbocycles. The molecule has 1 heterocycles. The molecule has 0 radical (unpaired) electrons. The Balaban J connectivity index is 2.59. The molecule has 0 fully saturated rings. The largest absolute Gasteiger partial charge is 0.306 e. The lowest BCUT2D eigenvalue weighted by molar-refractivity contribution is 0.421. The Morgan fingerprint density at radius 1 is 1.36 bits per heavy atom. The smallest absolute Gasteiger partial charge is 0.0544 e. The Kier molecular flexibility index (Phi) is 3.64. The lowest BCUT2D eigenvalue weighted by Crippen LogP contribution is -2.35. The number of hydrogen-bond acceptors (Lipinski definition) is 2. The molecule has 0 aliphatic rings. The molecule has 0 spiro atoms. The minimum atomic E-state index is 0.157. The van der Waals surface area contributed by atoms with Gasteiger partial charge in [0.25, 0.3) is 0 Å². The van der Waals surface area contributed by atoms with E-state index in [0.29, 0.717) is 0 Å². The minimum Gasteiger partial charge on any atom is -0.306 e. The second-order valence-corrected chi connectivity index (χ2v) is 4.61. The maximum Gasteiger partial charge on any atom is 0.0544 e. The standard InChI is InChI=1S/C12H20N2/c1-5-10-6-7-13-11(8-10)9-14-12(2,3)4/h6-8,14H,5,9H2,1-4H3. The van der Waals surface area contributed by atoms with Gasteiger partial charge in [-0.1, -0.05) is 6.92 Å². The second kappa shape index (κ2) is 4.56. The third-order valence-electron chi connectivity index (χ3n) is 2.09. The summed E-state index contributed by atoms with van der Waals surface area (Å²) < 4.78 is 0. The van der Waals surface area contributed by atoms with Crippen LogP contribution in [0.3, 0.4) is 0 Å². The van der Waals surface area contributed by atoms with Crippen LogP contribution in [0.2, 0.25) is 0 Å². The van der Waals surface area contributed by atoms with Gasteiger partial charge in [0.05, 0.1) is 5.69 Å². The maximum absolute atomic E-state index is 4.33. The molecule has 0 bridgehead atoms. The van der Waals surface area contributed by atoms with Gasteiger partial charge in [-0.2, -0.15) is 0 Å². The molecule has 0 aliphatic carbocycles. The van der Waals surface area contributed by atoms with Gasteiger partial charge < -0.3 is 5.32 Å². The number of nitrogens with zero attached hydrogens (tertiary/aromatic N) is 1. The summed E-state index contributed by atoms with van der Waals surface area (Å²) in [5, 5.41) is 3.43. The summed E-state index contributed by atoms with van der Waals surface area (Å²) in [7, 11) is 0. The van der Waals surface area contributed by atoms with Crippen molar-refractivity contribution in [3.63, 3.8) is 0 Å². The molecule has 78 valence electrons. The summed E-state index contributed by atoms with van der Waals surface area (Å²) in [6.07, 6.45) is 2.96. The van der Waals surface area contributed by atoms with Crippen molar-refractivity contribution in [1.29, 1.82) is 0 Å². The normalized spacial score (nSPS) is 11.7. The van der Waals surface area contributed by atoms with E-state index < -0.39 is 0 Å². The molecule has 0 aromatic carbocycles. The van der Waals surface area contributed by atoms with E-state index in [9.17, 15) is 0 Å². The van der Waals surface area contributed by atoms with Crippen molar-refractivity contribution in [2.75, 3.05) is 0 Å². The van der Waals surface area contributed by atoms with Gasteiger partial charge in [-0.05, 0) is 44.9 Å². The highest BCUT2D eigenvalue weighted by molar-refractivity contribution is 5.16. The molecule has 0 unspecified atom stereocenters. The van der Waals surface area contributed by atoms with Crippen LogP contribution in [-0.2, 0) is 13.0 Å². The molecule has 0 amide bonds. The third-order valence-corrected chi connectivity index (χ3v) is 2.09. The molecule has 0 aliphatic heterocycles. The molecule has 0 atom stereocenters. The fourth-order valence-electron chi connectivity index (χ4n) is 1.20. The molecular weight excluding hydrogens is 172 g/mol. The summed E-state index contributed by atoms with van der Waals surface area (Å²) in [5.41, 5.74) is 2.63. The average Bonchev–Trinajstić information content (AvgIpc) is 2.14. The van der Waals surface area contributed by atoms with E-state index in [2.05, 4.69) is 50.1 Å². The maximum atomic E-state index is 4.33. The predicted octanol–water partition coefficient (Wildman–Crippen LogP) is 2.53. The van der Waals surface area contributed by atoms with E-state index >= 15 is 0 Å². The zero-order valence-electron chi connectivity index (χ0n) is 9.59. The fourth-order valence-corrected chi connectivity index (χ4v) is 1.20. The SMILES string of the molecule is CCc1ccnc(CNC(C)(C)C)c1. The third kappa shape index (κ3) is 3.88. The Hall–Kier alpha value is -0.890. The number of aryl methyl sites for hydroxylation is 1. The van der Waals surface area contributed by atoms with Crippen LogP contribution >= 0.6 is 0 Å². The van der Waals surface area contributed by atoms with Crippen LogP contribution in [0.4, 0.5) is 0 Å². The van der Waals surface area contributed by atoms with E-state index in [0.717, 1.165) is 18.7 Å². The average molecular weight is 192 g/mol. The minimum absolute atomic E-state index is 0.157. The number of pyridine rings is 1. The monoisotopic (exact) mass is 192 g/mol. The van der Waals surface area contributed by atoms with Crippen LogP contribution in [0.15, 0.2) is 18.3 Å². The highest BCUT2D eigenvalue weighted by Crippen LogP contribution is 2.05. The van der Waals surface area contributed by atoms with Gasteiger partial charge in [-0.25, -0.2) is 0 Å². The Bertz CT molecular complexity index is 287. The number of rotatable bonds is 3. The van der Waals surface area contributed by atoms with Crippen molar-refractivity contribution in [2.45, 2.75) is 46.2 Å². The second-order valence-electron chi connectivity index (χ2n) is 4.61. The van der Waals surface area contributed by atoms with E-state index in [1.165, 1.54) is 5.56 Å². The highest BCUT2D eigenvalue weighted by atomic mass is 15.0. The predicted molar refractivity (Wildman–Crippen MR) is 60.2 cm³/mol. The van der Waals surface area contributed by atoms with E-state index in [1.807, 2.05) is 6.20 Å². The first kappa shape index (κ1) is 11.2. The van der Waals surface area contributed by atoms with Crippen molar-refractivity contribution < 1.29 is 0 Å². The topological polar surface area (TPSA) is 24.9 Å². The molecular formula is C12H20N2.